The zero-order valence-electron chi connectivity index (χ0n) is 12.6. The summed E-state index contributed by atoms with van der Waals surface area (Å²) in [6.45, 7) is 0.846. The van der Waals surface area contributed by atoms with E-state index in [-0.39, 0.29) is 0 Å². The quantitative estimate of drug-likeness (QED) is 0.911. The van der Waals surface area contributed by atoms with Gasteiger partial charge in [-0.3, -0.25) is 0 Å². The maximum atomic E-state index is 5.34. The molecule has 0 saturated heterocycles. The van der Waals surface area contributed by atoms with Gasteiger partial charge < -0.3 is 14.8 Å². The van der Waals surface area contributed by atoms with E-state index >= 15 is 0 Å². The normalized spacial score (nSPS) is 16.6. The Balaban J connectivity index is 1.70. The molecule has 3 rings (SSSR count). The van der Waals surface area contributed by atoms with Crippen molar-refractivity contribution in [2.24, 2.45) is 0 Å². The van der Waals surface area contributed by atoms with Gasteiger partial charge in [0.2, 0.25) is 0 Å². The second-order valence-electron chi connectivity index (χ2n) is 5.39. The highest BCUT2D eigenvalue weighted by atomic mass is 16.5. The predicted octanol–water partition coefficient (Wildman–Crippen LogP) is 3.48. The minimum Gasteiger partial charge on any atom is -0.497 e. The Morgan fingerprint density at radius 2 is 1.86 bits per heavy atom. The number of nitrogens with one attached hydrogen (secondary N) is 1. The van der Waals surface area contributed by atoms with Crippen molar-refractivity contribution in [2.45, 2.75) is 25.4 Å². The third-order valence-corrected chi connectivity index (χ3v) is 4.12. The minimum atomic E-state index is 0.404. The first-order chi connectivity index (χ1) is 10.3. The van der Waals surface area contributed by atoms with Gasteiger partial charge in [0.25, 0.3) is 0 Å². The molecule has 1 aliphatic rings. The van der Waals surface area contributed by atoms with E-state index in [0.29, 0.717) is 6.04 Å². The monoisotopic (exact) mass is 283 g/mol. The fraction of sp³-hybridized carbons (Fsp3) is 0.333. The highest BCUT2D eigenvalue weighted by molar-refractivity contribution is 5.41. The van der Waals surface area contributed by atoms with Gasteiger partial charge in [0.15, 0.2) is 0 Å². The second kappa shape index (κ2) is 6.19. The second-order valence-corrected chi connectivity index (χ2v) is 5.39. The highest BCUT2D eigenvalue weighted by Crippen LogP contribution is 2.33. The maximum Gasteiger partial charge on any atom is 0.119 e. The molecule has 0 aromatic heterocycles. The van der Waals surface area contributed by atoms with Crippen LogP contribution in [0, 0.1) is 0 Å². The number of methoxy groups -OCH3 is 2. The molecule has 0 aliphatic heterocycles. The molecule has 0 bridgehead atoms. The van der Waals surface area contributed by atoms with Gasteiger partial charge >= 0.3 is 0 Å². The summed E-state index contributed by atoms with van der Waals surface area (Å²) in [7, 11) is 3.42. The Morgan fingerprint density at radius 1 is 1.05 bits per heavy atom. The van der Waals surface area contributed by atoms with E-state index in [9.17, 15) is 0 Å². The number of benzene rings is 2. The van der Waals surface area contributed by atoms with Gasteiger partial charge in [-0.25, -0.2) is 0 Å². The molecule has 1 atom stereocenters. The van der Waals surface area contributed by atoms with Crippen molar-refractivity contribution < 1.29 is 9.47 Å². The van der Waals surface area contributed by atoms with Gasteiger partial charge in [-0.15, -0.1) is 0 Å². The minimum absolute atomic E-state index is 0.404. The number of fused-ring (bicyclic) bond motifs is 1. The molecule has 3 heteroatoms. The number of aryl methyl sites for hydroxylation is 1. The molecule has 1 N–H and O–H groups in total. The predicted molar refractivity (Wildman–Crippen MR) is 83.9 cm³/mol. The summed E-state index contributed by atoms with van der Waals surface area (Å²) in [5.41, 5.74) is 4.04. The molecule has 0 radical (unpaired) electrons. The molecule has 0 saturated carbocycles. The molecule has 21 heavy (non-hydrogen) atoms. The fourth-order valence-corrected chi connectivity index (χ4v) is 2.94. The third kappa shape index (κ3) is 3.03. The fourth-order valence-electron chi connectivity index (χ4n) is 2.94. The van der Waals surface area contributed by atoms with E-state index in [4.69, 9.17) is 9.47 Å². The van der Waals surface area contributed by atoms with Crippen molar-refractivity contribution in [1.82, 2.24) is 5.32 Å². The van der Waals surface area contributed by atoms with Crippen LogP contribution in [-0.4, -0.2) is 14.2 Å². The van der Waals surface area contributed by atoms with Gasteiger partial charge in [-0.1, -0.05) is 18.2 Å². The summed E-state index contributed by atoms with van der Waals surface area (Å²) >= 11 is 0. The summed E-state index contributed by atoms with van der Waals surface area (Å²) in [6, 6.07) is 15.0. The van der Waals surface area contributed by atoms with Crippen LogP contribution in [0.1, 0.15) is 29.2 Å². The van der Waals surface area contributed by atoms with Crippen LogP contribution in [0.15, 0.2) is 42.5 Å². The molecule has 0 heterocycles. The van der Waals surface area contributed by atoms with Crippen molar-refractivity contribution >= 4 is 0 Å². The van der Waals surface area contributed by atoms with Crippen molar-refractivity contribution in [1.29, 1.82) is 0 Å². The first-order valence-electron chi connectivity index (χ1n) is 7.33. The lowest BCUT2D eigenvalue weighted by molar-refractivity contribution is 0.412. The largest absolute Gasteiger partial charge is 0.497 e. The summed E-state index contributed by atoms with van der Waals surface area (Å²) in [5.74, 6) is 1.84. The van der Waals surface area contributed by atoms with Crippen LogP contribution in [-0.2, 0) is 13.0 Å². The van der Waals surface area contributed by atoms with Gasteiger partial charge in [0.05, 0.1) is 14.2 Å². The SMILES string of the molecule is COc1cccc(CNC2CCc3ccc(OC)cc32)c1. The Labute approximate surface area is 125 Å². The van der Waals surface area contributed by atoms with Crippen molar-refractivity contribution in [3.63, 3.8) is 0 Å². The molecular formula is C18H21NO2. The molecular weight excluding hydrogens is 262 g/mol. The van der Waals surface area contributed by atoms with Gasteiger partial charge in [-0.2, -0.15) is 0 Å². The number of hydrogen-bond donors (Lipinski definition) is 1. The van der Waals surface area contributed by atoms with Crippen molar-refractivity contribution in [3.8, 4) is 11.5 Å². The van der Waals surface area contributed by atoms with Crippen LogP contribution in [0.25, 0.3) is 0 Å². The van der Waals surface area contributed by atoms with Crippen LogP contribution in [0.4, 0.5) is 0 Å². The molecule has 3 nitrogen and oxygen atoms in total. The summed E-state index contributed by atoms with van der Waals surface area (Å²) in [4.78, 5) is 0. The maximum absolute atomic E-state index is 5.34. The van der Waals surface area contributed by atoms with Gasteiger partial charge in [0.1, 0.15) is 11.5 Å². The van der Waals surface area contributed by atoms with Crippen molar-refractivity contribution in [2.75, 3.05) is 14.2 Å². The summed E-state index contributed by atoms with van der Waals surface area (Å²) < 4.78 is 10.6. The average molecular weight is 283 g/mol. The lowest BCUT2D eigenvalue weighted by atomic mass is 10.1. The van der Waals surface area contributed by atoms with Crippen LogP contribution < -0.4 is 14.8 Å². The third-order valence-electron chi connectivity index (χ3n) is 4.12. The van der Waals surface area contributed by atoms with Crippen LogP contribution in [0.5, 0.6) is 11.5 Å². The molecule has 110 valence electrons. The molecule has 1 aliphatic carbocycles. The lowest BCUT2D eigenvalue weighted by Crippen LogP contribution is -2.18. The number of hydrogen-bond acceptors (Lipinski definition) is 3. The molecule has 1 unspecified atom stereocenters. The molecule has 0 fully saturated rings. The first kappa shape index (κ1) is 14.0. The Hall–Kier alpha value is -2.00. The van der Waals surface area contributed by atoms with Crippen LogP contribution in [0.3, 0.4) is 0 Å². The average Bonchev–Trinajstić information content (AvgIpc) is 2.95. The number of ether oxygens (including phenoxy) is 2. The molecule has 2 aromatic carbocycles. The van der Waals surface area contributed by atoms with Crippen LogP contribution >= 0.6 is 0 Å². The smallest absolute Gasteiger partial charge is 0.119 e. The first-order valence-corrected chi connectivity index (χ1v) is 7.33. The molecule has 0 amide bonds. The van der Waals surface area contributed by atoms with Crippen LogP contribution in [0.2, 0.25) is 0 Å². The summed E-state index contributed by atoms with van der Waals surface area (Å²) in [5, 5.41) is 3.65. The summed E-state index contributed by atoms with van der Waals surface area (Å²) in [6.07, 6.45) is 2.28. The van der Waals surface area contributed by atoms with Gasteiger partial charge in [-0.05, 0) is 53.8 Å². The lowest BCUT2D eigenvalue weighted by Gasteiger charge is -2.15. The van der Waals surface area contributed by atoms with E-state index < -0.39 is 0 Å². The Kier molecular flexibility index (Phi) is 4.11. The van der Waals surface area contributed by atoms with E-state index in [1.54, 1.807) is 14.2 Å². The number of rotatable bonds is 5. The Bertz CT molecular complexity index is 624. The zero-order valence-corrected chi connectivity index (χ0v) is 12.6. The van der Waals surface area contributed by atoms with E-state index in [1.165, 1.54) is 16.7 Å². The van der Waals surface area contributed by atoms with Crippen molar-refractivity contribution in [3.05, 3.63) is 59.2 Å². The van der Waals surface area contributed by atoms with E-state index in [2.05, 4.69) is 29.6 Å². The van der Waals surface area contributed by atoms with Gasteiger partial charge in [0, 0.05) is 12.6 Å². The standard InChI is InChI=1S/C18H21NO2/c1-20-15-5-3-4-13(10-15)12-19-18-9-7-14-6-8-16(21-2)11-17(14)18/h3-6,8,10-11,18-19H,7,9,12H2,1-2H3. The molecule has 2 aromatic rings. The van der Waals surface area contributed by atoms with E-state index in [1.807, 2.05) is 18.2 Å². The molecule has 0 spiro atoms. The topological polar surface area (TPSA) is 30.5 Å². The zero-order chi connectivity index (χ0) is 14.7. The Morgan fingerprint density at radius 3 is 2.67 bits per heavy atom. The highest BCUT2D eigenvalue weighted by Gasteiger charge is 2.22. The van der Waals surface area contributed by atoms with E-state index in [0.717, 1.165) is 30.9 Å².